The monoisotopic (exact) mass is 353 g/mol. The van der Waals surface area contributed by atoms with Crippen LogP contribution in [-0.4, -0.2) is 40.2 Å². The highest BCUT2D eigenvalue weighted by Gasteiger charge is 2.34. The number of hydrogen-bond donors (Lipinski definition) is 0. The van der Waals surface area contributed by atoms with Gasteiger partial charge in [-0.15, -0.1) is 0 Å². The summed E-state index contributed by atoms with van der Waals surface area (Å²) in [6, 6.07) is 9.04. The van der Waals surface area contributed by atoms with Crippen LogP contribution in [0.1, 0.15) is 49.0 Å². The number of hydrogen-bond acceptors (Lipinski definition) is 5. The van der Waals surface area contributed by atoms with E-state index in [9.17, 15) is 0 Å². The van der Waals surface area contributed by atoms with Crippen LogP contribution in [0.3, 0.4) is 0 Å². The predicted molar refractivity (Wildman–Crippen MR) is 101 cm³/mol. The molecule has 0 aromatic carbocycles. The van der Waals surface area contributed by atoms with Crippen LogP contribution in [0.15, 0.2) is 24.3 Å². The van der Waals surface area contributed by atoms with Crippen LogP contribution in [0.4, 0.5) is 0 Å². The van der Waals surface area contributed by atoms with Crippen LogP contribution in [0.2, 0.25) is 0 Å². The van der Waals surface area contributed by atoms with Crippen LogP contribution in [0.5, 0.6) is 11.6 Å². The topological polar surface area (TPSA) is 47.5 Å². The molecule has 5 nitrogen and oxygen atoms in total. The summed E-state index contributed by atoms with van der Waals surface area (Å²) < 4.78 is 11.9. The summed E-state index contributed by atoms with van der Waals surface area (Å²) in [5.41, 5.74) is 4.30. The standard InChI is InChI=1S/C21H27N3O2/c1-13-9-18(10-14(2)22-13)26-19-11-15(3)24(12-19)16(4)20-6-5-17-7-8-25-21(17)23-20/h5-6,9-10,15-16,19H,7-8,11-12H2,1-4H3/t15-,16+,19+/m0/s1. The van der Waals surface area contributed by atoms with Crippen LogP contribution >= 0.6 is 0 Å². The largest absolute Gasteiger partial charge is 0.489 e. The van der Waals surface area contributed by atoms with E-state index >= 15 is 0 Å². The summed E-state index contributed by atoms with van der Waals surface area (Å²) in [4.78, 5) is 11.7. The summed E-state index contributed by atoms with van der Waals surface area (Å²) in [5.74, 6) is 1.74. The number of fused-ring (bicyclic) bond motifs is 1. The Morgan fingerprint density at radius 2 is 1.96 bits per heavy atom. The Bertz CT molecular complexity index is 788. The second kappa shape index (κ2) is 6.88. The highest BCUT2D eigenvalue weighted by atomic mass is 16.5. The van der Waals surface area contributed by atoms with E-state index in [1.165, 1.54) is 5.56 Å². The molecule has 3 atom stereocenters. The molecule has 2 aromatic rings. The zero-order valence-corrected chi connectivity index (χ0v) is 16.0. The third kappa shape index (κ3) is 3.40. The first-order chi connectivity index (χ1) is 12.5. The lowest BCUT2D eigenvalue weighted by atomic mass is 10.1. The zero-order valence-electron chi connectivity index (χ0n) is 16.0. The summed E-state index contributed by atoms with van der Waals surface area (Å²) in [7, 11) is 0. The van der Waals surface area contributed by atoms with Crippen LogP contribution in [-0.2, 0) is 6.42 Å². The Morgan fingerprint density at radius 1 is 1.19 bits per heavy atom. The molecule has 2 aromatic heterocycles. The molecule has 0 aliphatic carbocycles. The van der Waals surface area contributed by atoms with Gasteiger partial charge in [0, 0.05) is 60.6 Å². The van der Waals surface area contributed by atoms with Gasteiger partial charge in [-0.05, 0) is 33.8 Å². The second-order valence-electron chi connectivity index (χ2n) is 7.58. The molecule has 2 aliphatic heterocycles. The van der Waals surface area contributed by atoms with Crippen LogP contribution in [0.25, 0.3) is 0 Å². The van der Waals surface area contributed by atoms with Gasteiger partial charge in [-0.25, -0.2) is 4.98 Å². The number of aryl methyl sites for hydroxylation is 2. The molecule has 0 saturated carbocycles. The normalized spacial score (nSPS) is 23.5. The minimum atomic E-state index is 0.194. The Hall–Kier alpha value is -2.14. The fraction of sp³-hybridized carbons (Fsp3) is 0.524. The van der Waals surface area contributed by atoms with Gasteiger partial charge in [-0.1, -0.05) is 6.07 Å². The lowest BCUT2D eigenvalue weighted by Crippen LogP contribution is -2.32. The first-order valence-corrected chi connectivity index (χ1v) is 9.50. The molecule has 26 heavy (non-hydrogen) atoms. The van der Waals surface area contributed by atoms with E-state index < -0.39 is 0 Å². The number of pyridine rings is 2. The molecule has 2 aliphatic rings. The Morgan fingerprint density at radius 3 is 2.73 bits per heavy atom. The van der Waals surface area contributed by atoms with Crippen LogP contribution in [0, 0.1) is 13.8 Å². The van der Waals surface area contributed by atoms with Crippen molar-refractivity contribution < 1.29 is 9.47 Å². The fourth-order valence-corrected chi connectivity index (χ4v) is 4.15. The molecule has 1 saturated heterocycles. The summed E-state index contributed by atoms with van der Waals surface area (Å²) >= 11 is 0. The number of nitrogens with zero attached hydrogens (tertiary/aromatic N) is 3. The van der Waals surface area contributed by atoms with Gasteiger partial charge in [0.1, 0.15) is 11.9 Å². The van der Waals surface area contributed by atoms with E-state index in [-0.39, 0.29) is 12.1 Å². The molecular formula is C21H27N3O2. The van der Waals surface area contributed by atoms with Crippen molar-refractivity contribution in [2.45, 2.75) is 58.7 Å². The first-order valence-electron chi connectivity index (χ1n) is 9.50. The highest BCUT2D eigenvalue weighted by Crippen LogP contribution is 2.32. The quantitative estimate of drug-likeness (QED) is 0.840. The van der Waals surface area contributed by atoms with Crippen molar-refractivity contribution >= 4 is 0 Å². The first kappa shape index (κ1) is 17.3. The molecule has 0 spiro atoms. The Kier molecular flexibility index (Phi) is 4.57. The fourth-order valence-electron chi connectivity index (χ4n) is 4.15. The van der Waals surface area contributed by atoms with Gasteiger partial charge in [-0.3, -0.25) is 9.88 Å². The average molecular weight is 353 g/mol. The number of rotatable bonds is 4. The van der Waals surface area contributed by atoms with E-state index in [4.69, 9.17) is 14.5 Å². The third-order valence-electron chi connectivity index (χ3n) is 5.44. The average Bonchev–Trinajstić information content (AvgIpc) is 3.18. The van der Waals surface area contributed by atoms with Gasteiger partial charge in [0.2, 0.25) is 5.88 Å². The molecule has 1 fully saturated rings. The van der Waals surface area contributed by atoms with E-state index in [0.717, 1.165) is 54.7 Å². The van der Waals surface area contributed by atoms with Gasteiger partial charge in [0.15, 0.2) is 0 Å². The van der Waals surface area contributed by atoms with Crippen molar-refractivity contribution in [3.63, 3.8) is 0 Å². The predicted octanol–water partition coefficient (Wildman–Crippen LogP) is 3.63. The maximum Gasteiger partial charge on any atom is 0.216 e. The van der Waals surface area contributed by atoms with Crippen molar-refractivity contribution in [3.8, 4) is 11.6 Å². The van der Waals surface area contributed by atoms with Crippen molar-refractivity contribution in [1.82, 2.24) is 14.9 Å². The van der Waals surface area contributed by atoms with Gasteiger partial charge >= 0.3 is 0 Å². The van der Waals surface area contributed by atoms with E-state index in [0.29, 0.717) is 6.04 Å². The third-order valence-corrected chi connectivity index (χ3v) is 5.44. The molecule has 138 valence electrons. The number of aromatic nitrogens is 2. The van der Waals surface area contributed by atoms with Gasteiger partial charge in [0.25, 0.3) is 0 Å². The SMILES string of the molecule is Cc1cc(O[C@@H]2C[C@H](C)N([C@H](C)c3ccc4c(n3)OCC4)C2)cc(C)n1. The van der Waals surface area contributed by atoms with Crippen molar-refractivity contribution in [2.75, 3.05) is 13.2 Å². The molecule has 0 unspecified atom stereocenters. The Balaban J connectivity index is 1.46. The van der Waals surface area contributed by atoms with Crippen LogP contribution < -0.4 is 9.47 Å². The van der Waals surface area contributed by atoms with E-state index in [1.807, 2.05) is 26.0 Å². The maximum atomic E-state index is 6.27. The summed E-state index contributed by atoms with van der Waals surface area (Å²) in [5, 5.41) is 0. The van der Waals surface area contributed by atoms with Crippen molar-refractivity contribution in [2.24, 2.45) is 0 Å². The molecule has 5 heteroatoms. The number of ether oxygens (including phenoxy) is 2. The van der Waals surface area contributed by atoms with Gasteiger partial charge < -0.3 is 9.47 Å². The molecule has 4 rings (SSSR count). The van der Waals surface area contributed by atoms with E-state index in [2.05, 4.69) is 35.9 Å². The van der Waals surface area contributed by atoms with Crippen molar-refractivity contribution in [3.05, 3.63) is 46.9 Å². The molecule has 0 N–H and O–H groups in total. The molecule has 0 bridgehead atoms. The number of likely N-dealkylation sites (tertiary alicyclic amines) is 1. The smallest absolute Gasteiger partial charge is 0.216 e. The minimum absolute atomic E-state index is 0.194. The minimum Gasteiger partial charge on any atom is -0.489 e. The summed E-state index contributed by atoms with van der Waals surface area (Å²) in [6.07, 6.45) is 2.18. The molecule has 0 radical (unpaired) electrons. The lowest BCUT2D eigenvalue weighted by Gasteiger charge is -2.28. The lowest BCUT2D eigenvalue weighted by molar-refractivity contribution is 0.168. The van der Waals surface area contributed by atoms with Gasteiger partial charge in [0.05, 0.1) is 12.3 Å². The highest BCUT2D eigenvalue weighted by molar-refractivity contribution is 5.32. The van der Waals surface area contributed by atoms with Crippen molar-refractivity contribution in [1.29, 1.82) is 0 Å². The zero-order chi connectivity index (χ0) is 18.3. The maximum absolute atomic E-state index is 6.27. The molecule has 0 amide bonds. The molecule has 4 heterocycles. The second-order valence-corrected chi connectivity index (χ2v) is 7.58. The Labute approximate surface area is 155 Å². The molecular weight excluding hydrogens is 326 g/mol. The van der Waals surface area contributed by atoms with Gasteiger partial charge in [-0.2, -0.15) is 0 Å². The summed E-state index contributed by atoms with van der Waals surface area (Å²) in [6.45, 7) is 10.2. The van der Waals surface area contributed by atoms with E-state index in [1.54, 1.807) is 0 Å².